The molecule has 20 heavy (non-hydrogen) atoms. The molecule has 1 unspecified atom stereocenters. The lowest BCUT2D eigenvalue weighted by molar-refractivity contribution is -0.131. The molecule has 5 heteroatoms. The highest BCUT2D eigenvalue weighted by Gasteiger charge is 2.29. The van der Waals surface area contributed by atoms with Crippen molar-refractivity contribution in [2.75, 3.05) is 19.6 Å². The molecule has 1 atom stereocenters. The molecule has 1 aliphatic rings. The van der Waals surface area contributed by atoms with Crippen LogP contribution in [0, 0.1) is 0 Å². The van der Waals surface area contributed by atoms with Crippen LogP contribution in [-0.4, -0.2) is 47.5 Å². The maximum atomic E-state index is 12.1. The summed E-state index contributed by atoms with van der Waals surface area (Å²) < 4.78 is 5.32. The largest absolute Gasteiger partial charge is 0.445 e. The van der Waals surface area contributed by atoms with Gasteiger partial charge in [-0.1, -0.05) is 30.3 Å². The number of carbonyl (C=O) groups excluding carboxylic acids is 2. The molecule has 1 saturated heterocycles. The minimum atomic E-state index is -0.315. The zero-order valence-electron chi connectivity index (χ0n) is 11.9. The van der Waals surface area contributed by atoms with Crippen LogP contribution < -0.4 is 0 Å². The second kappa shape index (κ2) is 6.41. The predicted octanol–water partition coefficient (Wildman–Crippen LogP) is 1.88. The highest BCUT2D eigenvalue weighted by Crippen LogP contribution is 2.12. The van der Waals surface area contributed by atoms with Crippen molar-refractivity contribution in [2.24, 2.45) is 0 Å². The summed E-state index contributed by atoms with van der Waals surface area (Å²) in [5.41, 5.74) is 0.968. The smallest absolute Gasteiger partial charge is 0.410 e. The number of benzene rings is 1. The normalized spacial score (nSPS) is 18.8. The van der Waals surface area contributed by atoms with Crippen LogP contribution >= 0.6 is 0 Å². The van der Waals surface area contributed by atoms with Crippen LogP contribution in [0.15, 0.2) is 30.3 Å². The highest BCUT2D eigenvalue weighted by molar-refractivity contribution is 5.74. The maximum Gasteiger partial charge on any atom is 0.410 e. The van der Waals surface area contributed by atoms with E-state index in [2.05, 4.69) is 0 Å². The Morgan fingerprint density at radius 1 is 1.25 bits per heavy atom. The molecule has 1 aromatic carbocycles. The second-order valence-corrected chi connectivity index (χ2v) is 5.05. The van der Waals surface area contributed by atoms with Gasteiger partial charge in [0.15, 0.2) is 0 Å². The lowest BCUT2D eigenvalue weighted by Crippen LogP contribution is -2.55. The summed E-state index contributed by atoms with van der Waals surface area (Å²) in [6.07, 6.45) is -0.315. The van der Waals surface area contributed by atoms with Gasteiger partial charge in [0.05, 0.1) is 0 Å². The van der Waals surface area contributed by atoms with E-state index in [1.54, 1.807) is 16.7 Å². The summed E-state index contributed by atoms with van der Waals surface area (Å²) in [5.74, 6) is 0.0501. The van der Waals surface area contributed by atoms with Crippen LogP contribution in [0.2, 0.25) is 0 Å². The van der Waals surface area contributed by atoms with Crippen molar-refractivity contribution in [3.63, 3.8) is 0 Å². The first-order valence-electron chi connectivity index (χ1n) is 6.80. The second-order valence-electron chi connectivity index (χ2n) is 5.05. The third-order valence-electron chi connectivity index (χ3n) is 3.51. The Hall–Kier alpha value is -2.04. The van der Waals surface area contributed by atoms with Crippen molar-refractivity contribution in [2.45, 2.75) is 26.5 Å². The first-order chi connectivity index (χ1) is 9.58. The Bertz CT molecular complexity index is 475. The Morgan fingerprint density at radius 3 is 2.55 bits per heavy atom. The van der Waals surface area contributed by atoms with E-state index in [0.717, 1.165) is 5.56 Å². The van der Waals surface area contributed by atoms with Crippen molar-refractivity contribution in [1.82, 2.24) is 9.80 Å². The van der Waals surface area contributed by atoms with Crippen LogP contribution in [0.1, 0.15) is 19.4 Å². The van der Waals surface area contributed by atoms with E-state index in [9.17, 15) is 9.59 Å². The van der Waals surface area contributed by atoms with Gasteiger partial charge in [-0.3, -0.25) is 4.79 Å². The zero-order valence-corrected chi connectivity index (χ0v) is 11.9. The minimum absolute atomic E-state index is 0.0177. The summed E-state index contributed by atoms with van der Waals surface area (Å²) in [6, 6.07) is 9.58. The third kappa shape index (κ3) is 3.50. The molecular weight excluding hydrogens is 256 g/mol. The van der Waals surface area contributed by atoms with Gasteiger partial charge in [-0.15, -0.1) is 0 Å². The summed E-state index contributed by atoms with van der Waals surface area (Å²) in [6.45, 7) is 5.42. The molecule has 0 aliphatic carbocycles. The first-order valence-corrected chi connectivity index (χ1v) is 6.80. The number of piperazine rings is 1. The molecule has 0 spiro atoms. The van der Waals surface area contributed by atoms with Crippen LogP contribution in [0.5, 0.6) is 0 Å². The lowest BCUT2D eigenvalue weighted by Gasteiger charge is -2.38. The molecule has 1 aliphatic heterocycles. The monoisotopic (exact) mass is 276 g/mol. The number of amides is 2. The fourth-order valence-electron chi connectivity index (χ4n) is 2.32. The number of carbonyl (C=O) groups is 2. The number of nitrogens with zero attached hydrogens (tertiary/aromatic N) is 2. The van der Waals surface area contributed by atoms with Crippen molar-refractivity contribution >= 4 is 12.0 Å². The Kier molecular flexibility index (Phi) is 4.61. The third-order valence-corrected chi connectivity index (χ3v) is 3.51. The zero-order chi connectivity index (χ0) is 14.5. The Labute approximate surface area is 119 Å². The lowest BCUT2D eigenvalue weighted by atomic mass is 10.2. The molecule has 5 nitrogen and oxygen atoms in total. The standard InChI is InChI=1S/C15H20N2O3/c1-12-10-16(13(2)18)8-9-17(12)15(19)20-11-14-6-4-3-5-7-14/h3-7,12H,8-11H2,1-2H3. The SMILES string of the molecule is CC(=O)N1CCN(C(=O)OCc2ccccc2)C(C)C1. The number of hydrogen-bond acceptors (Lipinski definition) is 3. The quantitative estimate of drug-likeness (QED) is 0.828. The van der Waals surface area contributed by atoms with Crippen LogP contribution in [0.4, 0.5) is 4.79 Å². The van der Waals surface area contributed by atoms with Crippen LogP contribution in [0.25, 0.3) is 0 Å². The molecule has 108 valence electrons. The molecule has 2 rings (SSSR count). The van der Waals surface area contributed by atoms with Gasteiger partial charge >= 0.3 is 6.09 Å². The molecule has 1 fully saturated rings. The van der Waals surface area contributed by atoms with E-state index in [-0.39, 0.29) is 24.6 Å². The highest BCUT2D eigenvalue weighted by atomic mass is 16.6. The molecule has 0 N–H and O–H groups in total. The van der Waals surface area contributed by atoms with E-state index < -0.39 is 0 Å². The molecular formula is C15H20N2O3. The van der Waals surface area contributed by atoms with E-state index >= 15 is 0 Å². The van der Waals surface area contributed by atoms with Gasteiger partial charge in [0.2, 0.25) is 5.91 Å². The predicted molar refractivity (Wildman–Crippen MR) is 75.0 cm³/mol. The number of rotatable bonds is 2. The molecule has 1 heterocycles. The Balaban J connectivity index is 1.85. The molecule has 0 saturated carbocycles. The van der Waals surface area contributed by atoms with Crippen molar-refractivity contribution < 1.29 is 14.3 Å². The first kappa shape index (κ1) is 14.4. The molecule has 2 amide bonds. The summed E-state index contributed by atoms with van der Waals surface area (Å²) in [5, 5.41) is 0. The fourth-order valence-corrected chi connectivity index (χ4v) is 2.32. The molecule has 1 aromatic rings. The van der Waals surface area contributed by atoms with Gasteiger partial charge in [-0.2, -0.15) is 0 Å². The van der Waals surface area contributed by atoms with Gasteiger partial charge in [0, 0.05) is 32.6 Å². The van der Waals surface area contributed by atoms with Gasteiger partial charge in [-0.25, -0.2) is 4.79 Å². The van der Waals surface area contributed by atoms with E-state index in [0.29, 0.717) is 19.6 Å². The summed E-state index contributed by atoms with van der Waals surface area (Å²) >= 11 is 0. The molecule has 0 bridgehead atoms. The van der Waals surface area contributed by atoms with Gasteiger partial charge < -0.3 is 14.5 Å². The topological polar surface area (TPSA) is 49.9 Å². The maximum absolute atomic E-state index is 12.1. The average Bonchev–Trinajstić information content (AvgIpc) is 2.45. The van der Waals surface area contributed by atoms with Crippen LogP contribution in [0.3, 0.4) is 0 Å². The summed E-state index contributed by atoms with van der Waals surface area (Å²) in [4.78, 5) is 26.8. The van der Waals surface area contributed by atoms with Gasteiger partial charge in [0.1, 0.15) is 6.61 Å². The van der Waals surface area contributed by atoms with Gasteiger partial charge in [-0.05, 0) is 12.5 Å². The Morgan fingerprint density at radius 2 is 1.95 bits per heavy atom. The number of hydrogen-bond donors (Lipinski definition) is 0. The fraction of sp³-hybridized carbons (Fsp3) is 0.467. The number of ether oxygens (including phenoxy) is 1. The van der Waals surface area contributed by atoms with E-state index in [4.69, 9.17) is 4.74 Å². The minimum Gasteiger partial charge on any atom is -0.445 e. The molecule has 0 aromatic heterocycles. The van der Waals surface area contributed by atoms with E-state index in [1.807, 2.05) is 37.3 Å². The van der Waals surface area contributed by atoms with Crippen molar-refractivity contribution in [1.29, 1.82) is 0 Å². The van der Waals surface area contributed by atoms with Crippen molar-refractivity contribution in [3.05, 3.63) is 35.9 Å². The van der Waals surface area contributed by atoms with E-state index in [1.165, 1.54) is 0 Å². The van der Waals surface area contributed by atoms with Gasteiger partial charge in [0.25, 0.3) is 0 Å². The summed E-state index contributed by atoms with van der Waals surface area (Å²) in [7, 11) is 0. The molecule has 0 radical (unpaired) electrons. The van der Waals surface area contributed by atoms with Crippen molar-refractivity contribution in [3.8, 4) is 0 Å². The average molecular weight is 276 g/mol. The van der Waals surface area contributed by atoms with Crippen LogP contribution in [-0.2, 0) is 16.1 Å².